The van der Waals surface area contributed by atoms with Crippen LogP contribution in [0, 0.1) is 0 Å². The number of hydrogen-bond donors (Lipinski definition) is 0. The zero-order valence-corrected chi connectivity index (χ0v) is 42.1. The molecule has 0 saturated carbocycles. The average Bonchev–Trinajstić information content (AvgIpc) is 4.45. The van der Waals surface area contributed by atoms with Gasteiger partial charge in [-0.1, -0.05) is 188 Å². The normalized spacial score (nSPS) is 11.5. The third-order valence-electron chi connectivity index (χ3n) is 14.4. The second kappa shape index (κ2) is 19.0. The van der Waals surface area contributed by atoms with Crippen LogP contribution in [-0.4, -0.2) is 49.2 Å². The van der Waals surface area contributed by atoms with E-state index in [1.807, 2.05) is 127 Å². The molecule has 0 atom stereocenters. The molecule has 11 nitrogen and oxygen atoms in total. The van der Waals surface area contributed by atoms with E-state index >= 15 is 0 Å². The maximum atomic E-state index is 6.72. The summed E-state index contributed by atoms with van der Waals surface area (Å²) in [6.45, 7) is 0. The van der Waals surface area contributed by atoms with Crippen molar-refractivity contribution in [1.82, 2.24) is 49.2 Å². The van der Waals surface area contributed by atoms with Crippen molar-refractivity contribution in [1.29, 1.82) is 0 Å². The number of benzene rings is 10. The lowest BCUT2D eigenvalue weighted by Gasteiger charge is -2.11. The summed E-state index contributed by atoms with van der Waals surface area (Å²) in [7, 11) is 0. The number of para-hydroxylation sites is 2. The molecule has 0 bridgehead atoms. The summed E-state index contributed by atoms with van der Waals surface area (Å²) < 4.78 is 11.3. The van der Waals surface area contributed by atoms with E-state index in [1.165, 1.54) is 0 Å². The molecule has 0 N–H and O–H groups in total. The molecule has 0 radical (unpaired) electrons. The molecule has 370 valence electrons. The third-order valence-corrected chi connectivity index (χ3v) is 14.4. The molecule has 0 aliphatic rings. The molecule has 0 amide bonds. The Morgan fingerprint density at radius 2 is 0.633 bits per heavy atom. The first-order valence-electron chi connectivity index (χ1n) is 26.0. The lowest BCUT2D eigenvalue weighted by molar-refractivity contribution is 0.585. The van der Waals surface area contributed by atoms with Crippen LogP contribution in [-0.2, 0) is 0 Å². The zero-order chi connectivity index (χ0) is 52.2. The second-order valence-electron chi connectivity index (χ2n) is 19.2. The van der Waals surface area contributed by atoms with Crippen molar-refractivity contribution in [3.63, 3.8) is 0 Å². The molecule has 0 unspecified atom stereocenters. The SMILES string of the molecule is c1ccc(-c2nc(-c3ccccc3)nc(-c3cccc(-n4c5ccccc5c5cc(-c6nnc(-c7cccc8c7c7ccccc7n8-c7cccc(-c8nc(-c9ccccc9)nc(-c9ccccc9)n8)c7)o6)ccc54)c3)n2)cc1. The first kappa shape index (κ1) is 45.4. The van der Waals surface area contributed by atoms with E-state index in [-0.39, 0.29) is 0 Å². The van der Waals surface area contributed by atoms with Crippen LogP contribution >= 0.6 is 0 Å². The third kappa shape index (κ3) is 8.08. The molecule has 15 rings (SSSR count). The average molecular weight is 1020 g/mol. The van der Waals surface area contributed by atoms with Crippen molar-refractivity contribution in [2.75, 3.05) is 0 Å². The topological polar surface area (TPSA) is 126 Å². The van der Waals surface area contributed by atoms with E-state index < -0.39 is 0 Å². The van der Waals surface area contributed by atoms with Gasteiger partial charge in [0.15, 0.2) is 34.9 Å². The van der Waals surface area contributed by atoms with E-state index in [2.05, 4.69) is 137 Å². The number of hydrogen-bond acceptors (Lipinski definition) is 9. The monoisotopic (exact) mass is 1010 g/mol. The highest BCUT2D eigenvalue weighted by Gasteiger charge is 2.22. The van der Waals surface area contributed by atoms with Gasteiger partial charge in [-0.05, 0) is 66.7 Å². The van der Waals surface area contributed by atoms with Crippen LogP contribution < -0.4 is 0 Å². The Labute approximate surface area is 452 Å². The molecule has 79 heavy (non-hydrogen) atoms. The quantitative estimate of drug-likeness (QED) is 0.132. The minimum absolute atomic E-state index is 0.421. The predicted molar refractivity (Wildman–Crippen MR) is 313 cm³/mol. The van der Waals surface area contributed by atoms with Crippen molar-refractivity contribution in [2.45, 2.75) is 0 Å². The fourth-order valence-corrected chi connectivity index (χ4v) is 10.8. The second-order valence-corrected chi connectivity index (χ2v) is 19.2. The van der Waals surface area contributed by atoms with Gasteiger partial charge in [-0.2, -0.15) is 0 Å². The summed E-state index contributed by atoms with van der Waals surface area (Å²) in [4.78, 5) is 30.0. The number of rotatable bonds is 10. The highest BCUT2D eigenvalue weighted by atomic mass is 16.4. The van der Waals surface area contributed by atoms with Crippen LogP contribution in [0.2, 0.25) is 0 Å². The minimum atomic E-state index is 0.421. The van der Waals surface area contributed by atoms with E-state index in [1.54, 1.807) is 0 Å². The van der Waals surface area contributed by atoms with Gasteiger partial charge in [-0.15, -0.1) is 10.2 Å². The summed E-state index contributed by atoms with van der Waals surface area (Å²) in [6.07, 6.45) is 0. The largest absolute Gasteiger partial charge is 0.416 e. The number of fused-ring (bicyclic) bond motifs is 6. The summed E-state index contributed by atoms with van der Waals surface area (Å²) in [5.41, 5.74) is 13.1. The summed E-state index contributed by atoms with van der Waals surface area (Å²) in [6, 6.07) is 86.4. The molecular weight excluding hydrogens is 973 g/mol. The fourth-order valence-electron chi connectivity index (χ4n) is 10.8. The summed E-state index contributed by atoms with van der Waals surface area (Å²) >= 11 is 0. The molecule has 0 aliphatic carbocycles. The highest BCUT2D eigenvalue weighted by Crippen LogP contribution is 2.41. The van der Waals surface area contributed by atoms with Crippen molar-refractivity contribution < 1.29 is 4.42 Å². The van der Waals surface area contributed by atoms with Crippen LogP contribution in [0.4, 0.5) is 0 Å². The summed E-state index contributed by atoms with van der Waals surface area (Å²) in [5.74, 6) is 4.46. The molecular formula is C68H42N10O. The molecule has 5 heterocycles. The van der Waals surface area contributed by atoms with Crippen LogP contribution in [0.1, 0.15) is 0 Å². The van der Waals surface area contributed by atoms with Gasteiger partial charge in [0.05, 0.1) is 22.1 Å². The smallest absolute Gasteiger partial charge is 0.248 e. The van der Waals surface area contributed by atoms with Gasteiger partial charge in [0, 0.05) is 77.4 Å². The maximum Gasteiger partial charge on any atom is 0.248 e. The van der Waals surface area contributed by atoms with Crippen LogP contribution in [0.3, 0.4) is 0 Å². The van der Waals surface area contributed by atoms with Gasteiger partial charge in [0.2, 0.25) is 11.8 Å². The fraction of sp³-hybridized carbons (Fsp3) is 0. The van der Waals surface area contributed by atoms with E-state index in [4.69, 9.17) is 44.5 Å². The molecule has 0 saturated heterocycles. The zero-order valence-electron chi connectivity index (χ0n) is 42.1. The minimum Gasteiger partial charge on any atom is -0.416 e. The Bertz CT molecular complexity index is 4670. The molecule has 5 aromatic heterocycles. The Morgan fingerprint density at radius 3 is 1.15 bits per heavy atom. The molecule has 0 aliphatic heterocycles. The molecule has 15 aromatic rings. The van der Waals surface area contributed by atoms with E-state index in [0.29, 0.717) is 46.7 Å². The Morgan fingerprint density at radius 1 is 0.253 bits per heavy atom. The van der Waals surface area contributed by atoms with Gasteiger partial charge in [-0.3, -0.25) is 0 Å². The van der Waals surface area contributed by atoms with Gasteiger partial charge >= 0.3 is 0 Å². The molecule has 0 fully saturated rings. The standard InChI is InChI=1S/C68H42N10O/c1-5-20-43(21-6-1)61-69-62(44-22-7-2-8-23-44)72-65(71-61)47-28-17-30-50(40-47)77-56-35-15-13-32-52(56)55-42-49(38-39-58(55)77)67-75-76-68(79-67)54-34-19-37-59-60(54)53-33-14-16-36-57(53)78(59)51-31-18-29-48(41-51)66-73-63(45-24-9-3-10-25-45)70-64(74-66)46-26-11-4-12-27-46/h1-42H. The van der Waals surface area contributed by atoms with Crippen LogP contribution in [0.15, 0.2) is 259 Å². The molecule has 0 spiro atoms. The Kier molecular flexibility index (Phi) is 10.9. The predicted octanol–water partition coefficient (Wildman–Crippen LogP) is 16.0. The van der Waals surface area contributed by atoms with Gasteiger partial charge in [0.1, 0.15) is 0 Å². The molecule has 11 heteroatoms. The van der Waals surface area contributed by atoms with Gasteiger partial charge in [-0.25, -0.2) is 29.9 Å². The van der Waals surface area contributed by atoms with Crippen molar-refractivity contribution >= 4 is 43.6 Å². The van der Waals surface area contributed by atoms with Crippen LogP contribution in [0.25, 0.3) is 146 Å². The van der Waals surface area contributed by atoms with Crippen molar-refractivity contribution in [3.8, 4) is 103 Å². The first-order valence-corrected chi connectivity index (χ1v) is 26.0. The number of aromatic nitrogens is 10. The van der Waals surface area contributed by atoms with Crippen LogP contribution in [0.5, 0.6) is 0 Å². The summed E-state index contributed by atoms with van der Waals surface area (Å²) in [5, 5.41) is 13.6. The first-order chi connectivity index (χ1) is 39.1. The van der Waals surface area contributed by atoms with Gasteiger partial charge < -0.3 is 13.6 Å². The van der Waals surface area contributed by atoms with E-state index in [9.17, 15) is 0 Å². The molecule has 10 aromatic carbocycles. The highest BCUT2D eigenvalue weighted by molar-refractivity contribution is 6.15. The Hall–Kier alpha value is -11.0. The lowest BCUT2D eigenvalue weighted by atomic mass is 10.1. The van der Waals surface area contributed by atoms with E-state index in [0.717, 1.165) is 99.5 Å². The van der Waals surface area contributed by atoms with Crippen molar-refractivity contribution in [2.24, 2.45) is 0 Å². The van der Waals surface area contributed by atoms with Crippen molar-refractivity contribution in [3.05, 3.63) is 255 Å². The maximum absolute atomic E-state index is 6.72. The van der Waals surface area contributed by atoms with Gasteiger partial charge in [0.25, 0.3) is 0 Å². The Balaban J connectivity index is 0.800. The lowest BCUT2D eigenvalue weighted by Crippen LogP contribution is -2.01. The number of nitrogens with zero attached hydrogens (tertiary/aromatic N) is 10.